The van der Waals surface area contributed by atoms with Crippen molar-refractivity contribution in [1.82, 2.24) is 9.55 Å². The van der Waals surface area contributed by atoms with Crippen LogP contribution in [0, 0.1) is 6.92 Å². The van der Waals surface area contributed by atoms with Gasteiger partial charge in [0.1, 0.15) is 23.8 Å². The van der Waals surface area contributed by atoms with Crippen LogP contribution in [0.15, 0.2) is 10.9 Å². The summed E-state index contributed by atoms with van der Waals surface area (Å²) in [6.45, 7) is 7.59. The highest BCUT2D eigenvalue weighted by molar-refractivity contribution is 7.18. The zero-order valence-electron chi connectivity index (χ0n) is 14.9. The Morgan fingerprint density at radius 2 is 1.92 bits per heavy atom. The number of aryl methyl sites for hydroxylation is 2. The van der Waals surface area contributed by atoms with Crippen molar-refractivity contribution in [2.45, 2.75) is 33.7 Å². The minimum Gasteiger partial charge on any atom is -0.462 e. The lowest BCUT2D eigenvalue weighted by Gasteiger charge is -2.10. The van der Waals surface area contributed by atoms with Crippen LogP contribution < -0.4 is 5.56 Å². The highest BCUT2D eigenvalue weighted by Crippen LogP contribution is 2.21. The Morgan fingerprint density at radius 1 is 1.20 bits per heavy atom. The van der Waals surface area contributed by atoms with E-state index < -0.39 is 5.97 Å². The highest BCUT2D eigenvalue weighted by Gasteiger charge is 2.14. The van der Waals surface area contributed by atoms with E-state index in [0.717, 1.165) is 11.3 Å². The van der Waals surface area contributed by atoms with Crippen LogP contribution in [-0.4, -0.2) is 48.6 Å². The number of ether oxygens (including phenoxy) is 3. The Bertz CT molecular complexity index is 768. The van der Waals surface area contributed by atoms with E-state index in [2.05, 4.69) is 4.98 Å². The fourth-order valence-corrected chi connectivity index (χ4v) is 3.28. The number of carbonyl (C=O) groups excluding carboxylic acids is 1. The number of carbonyl (C=O) groups is 1. The van der Waals surface area contributed by atoms with Crippen molar-refractivity contribution in [3.8, 4) is 0 Å². The minimum absolute atomic E-state index is 0.146. The number of esters is 1. The second-order valence-electron chi connectivity index (χ2n) is 5.37. The van der Waals surface area contributed by atoms with Gasteiger partial charge in [0.15, 0.2) is 0 Å². The largest absolute Gasteiger partial charge is 0.462 e. The molecular formula is C17H24N2O5S. The molecule has 25 heavy (non-hydrogen) atoms. The van der Waals surface area contributed by atoms with Crippen LogP contribution in [0.1, 0.15) is 24.5 Å². The van der Waals surface area contributed by atoms with E-state index in [9.17, 15) is 9.59 Å². The molecule has 0 aliphatic rings. The predicted molar refractivity (Wildman–Crippen MR) is 96.3 cm³/mol. The van der Waals surface area contributed by atoms with Gasteiger partial charge in [-0.05, 0) is 26.3 Å². The molecule has 0 amide bonds. The number of nitrogens with zero attached hydrogens (tertiary/aromatic N) is 2. The first kappa shape index (κ1) is 19.6. The maximum absolute atomic E-state index is 12.6. The molecule has 138 valence electrons. The monoisotopic (exact) mass is 368 g/mol. The maximum Gasteiger partial charge on any atom is 0.326 e. The Morgan fingerprint density at radius 3 is 2.64 bits per heavy atom. The third-order valence-electron chi connectivity index (χ3n) is 3.60. The van der Waals surface area contributed by atoms with Gasteiger partial charge >= 0.3 is 5.97 Å². The van der Waals surface area contributed by atoms with Crippen molar-refractivity contribution in [2.75, 3.05) is 33.0 Å². The van der Waals surface area contributed by atoms with E-state index in [4.69, 9.17) is 14.2 Å². The van der Waals surface area contributed by atoms with Gasteiger partial charge in [0.05, 0.1) is 25.2 Å². The van der Waals surface area contributed by atoms with Gasteiger partial charge < -0.3 is 14.2 Å². The molecule has 0 saturated carbocycles. The molecule has 7 nitrogen and oxygen atoms in total. The predicted octanol–water partition coefficient (Wildman–Crippen LogP) is 1.93. The van der Waals surface area contributed by atoms with E-state index in [0.29, 0.717) is 42.5 Å². The normalized spacial score (nSPS) is 11.2. The molecule has 8 heteroatoms. The van der Waals surface area contributed by atoms with Crippen LogP contribution in [0.25, 0.3) is 10.2 Å². The number of hydrogen-bond donors (Lipinski definition) is 0. The summed E-state index contributed by atoms with van der Waals surface area (Å²) >= 11 is 1.51. The Balaban J connectivity index is 1.91. The van der Waals surface area contributed by atoms with E-state index in [1.165, 1.54) is 15.9 Å². The van der Waals surface area contributed by atoms with E-state index in [-0.39, 0.29) is 18.7 Å². The number of fused-ring (bicyclic) bond motifs is 1. The van der Waals surface area contributed by atoms with Gasteiger partial charge in [-0.15, -0.1) is 11.3 Å². The van der Waals surface area contributed by atoms with Gasteiger partial charge in [0, 0.05) is 11.5 Å². The van der Waals surface area contributed by atoms with Crippen LogP contribution in [0.5, 0.6) is 0 Å². The molecule has 0 aliphatic carbocycles. The van der Waals surface area contributed by atoms with Crippen molar-refractivity contribution in [3.05, 3.63) is 27.1 Å². The van der Waals surface area contributed by atoms with Gasteiger partial charge in [0.2, 0.25) is 0 Å². The summed E-state index contributed by atoms with van der Waals surface area (Å²) in [5, 5.41) is 0.555. The fraction of sp³-hybridized carbons (Fsp3) is 0.588. The van der Waals surface area contributed by atoms with Crippen LogP contribution in [0.3, 0.4) is 0 Å². The van der Waals surface area contributed by atoms with E-state index in [1.807, 2.05) is 19.9 Å². The zero-order valence-corrected chi connectivity index (χ0v) is 15.7. The molecule has 2 aromatic heterocycles. The molecule has 2 heterocycles. The summed E-state index contributed by atoms with van der Waals surface area (Å²) in [6.07, 6.45) is 0.852. The maximum atomic E-state index is 12.6. The summed E-state index contributed by atoms with van der Waals surface area (Å²) in [5.41, 5.74) is -0.205. The number of rotatable bonds is 10. The molecular weight excluding hydrogens is 344 g/mol. The topological polar surface area (TPSA) is 79.7 Å². The average Bonchev–Trinajstić information content (AvgIpc) is 3.01. The standard InChI is InChI=1S/C17H24N2O5S/c1-4-13-10-14-16(25-13)18-12(3)19(17(14)21)11-15(20)24-9-8-23-7-6-22-5-2/h10H,4-9,11H2,1-3H3. The third kappa shape index (κ3) is 5.35. The lowest BCUT2D eigenvalue weighted by atomic mass is 10.3. The molecule has 2 rings (SSSR count). The molecule has 0 fully saturated rings. The molecule has 0 unspecified atom stereocenters. The van der Waals surface area contributed by atoms with Gasteiger partial charge in [-0.3, -0.25) is 14.2 Å². The van der Waals surface area contributed by atoms with Crippen molar-refractivity contribution in [3.63, 3.8) is 0 Å². The van der Waals surface area contributed by atoms with Gasteiger partial charge in [-0.25, -0.2) is 4.98 Å². The van der Waals surface area contributed by atoms with Crippen LogP contribution in [-0.2, 0) is 32.0 Å². The molecule has 0 bridgehead atoms. The summed E-state index contributed by atoms with van der Waals surface area (Å²) in [6, 6.07) is 1.85. The number of thiophene rings is 1. The first-order valence-corrected chi connectivity index (χ1v) is 9.19. The summed E-state index contributed by atoms with van der Waals surface area (Å²) in [5.74, 6) is 0.0256. The second kappa shape index (κ2) is 9.65. The van der Waals surface area contributed by atoms with Gasteiger partial charge in [-0.1, -0.05) is 6.92 Å². The van der Waals surface area contributed by atoms with Crippen molar-refractivity contribution < 1.29 is 19.0 Å². The molecule has 0 N–H and O–H groups in total. The van der Waals surface area contributed by atoms with Crippen LogP contribution >= 0.6 is 11.3 Å². The van der Waals surface area contributed by atoms with E-state index in [1.54, 1.807) is 6.92 Å². The summed E-state index contributed by atoms with van der Waals surface area (Å²) in [4.78, 5) is 30.8. The second-order valence-corrected chi connectivity index (χ2v) is 6.48. The lowest BCUT2D eigenvalue weighted by Crippen LogP contribution is -2.28. The molecule has 2 aromatic rings. The minimum atomic E-state index is -0.481. The molecule has 0 radical (unpaired) electrons. The Hall–Kier alpha value is -1.77. The summed E-state index contributed by atoms with van der Waals surface area (Å²) in [7, 11) is 0. The molecule has 0 aromatic carbocycles. The smallest absolute Gasteiger partial charge is 0.326 e. The molecule has 0 saturated heterocycles. The number of hydrogen-bond acceptors (Lipinski definition) is 7. The first-order chi connectivity index (χ1) is 12.1. The van der Waals surface area contributed by atoms with Gasteiger partial charge in [-0.2, -0.15) is 0 Å². The van der Waals surface area contributed by atoms with Crippen LogP contribution in [0.2, 0.25) is 0 Å². The molecule has 0 spiro atoms. The van der Waals surface area contributed by atoms with Crippen molar-refractivity contribution in [1.29, 1.82) is 0 Å². The Kier molecular flexibility index (Phi) is 7.54. The third-order valence-corrected chi connectivity index (χ3v) is 4.77. The average molecular weight is 368 g/mol. The molecule has 0 atom stereocenters. The van der Waals surface area contributed by atoms with Crippen molar-refractivity contribution in [2.24, 2.45) is 0 Å². The Labute approximate surface area is 150 Å². The molecule has 0 aliphatic heterocycles. The summed E-state index contributed by atoms with van der Waals surface area (Å²) < 4.78 is 16.9. The van der Waals surface area contributed by atoms with Gasteiger partial charge in [0.25, 0.3) is 5.56 Å². The lowest BCUT2D eigenvalue weighted by molar-refractivity contribution is -0.146. The van der Waals surface area contributed by atoms with Crippen molar-refractivity contribution >= 4 is 27.5 Å². The zero-order chi connectivity index (χ0) is 18.2. The number of aromatic nitrogens is 2. The first-order valence-electron chi connectivity index (χ1n) is 8.37. The van der Waals surface area contributed by atoms with E-state index >= 15 is 0 Å². The SMILES string of the molecule is CCOCCOCCOC(=O)Cn1c(C)nc2sc(CC)cc2c1=O. The quantitative estimate of drug-likeness (QED) is 0.471. The fourth-order valence-electron chi connectivity index (χ4n) is 2.28. The van der Waals surface area contributed by atoms with Crippen LogP contribution in [0.4, 0.5) is 0 Å². The highest BCUT2D eigenvalue weighted by atomic mass is 32.1.